The third-order valence-electron chi connectivity index (χ3n) is 2.43. The van der Waals surface area contributed by atoms with Crippen molar-refractivity contribution >= 4 is 16.9 Å². The highest BCUT2D eigenvalue weighted by atomic mass is 19.1. The molecule has 1 aromatic heterocycles. The Morgan fingerprint density at radius 3 is 3.00 bits per heavy atom. The van der Waals surface area contributed by atoms with Crippen LogP contribution in [-0.2, 0) is 16.0 Å². The lowest BCUT2D eigenvalue weighted by Crippen LogP contribution is -2.04. The molecule has 0 unspecified atom stereocenters. The lowest BCUT2D eigenvalue weighted by molar-refractivity contribution is -0.143. The van der Waals surface area contributed by atoms with Crippen LogP contribution in [0.15, 0.2) is 28.7 Å². The Kier molecular flexibility index (Phi) is 3.42. The van der Waals surface area contributed by atoms with E-state index in [2.05, 4.69) is 0 Å². The first kappa shape index (κ1) is 11.6. The number of fused-ring (bicyclic) bond motifs is 1. The van der Waals surface area contributed by atoms with Crippen molar-refractivity contribution in [3.05, 3.63) is 35.8 Å². The molecule has 0 radical (unpaired) electrons. The van der Waals surface area contributed by atoms with Gasteiger partial charge in [0.2, 0.25) is 0 Å². The fraction of sp³-hybridized carbons (Fsp3) is 0.308. The van der Waals surface area contributed by atoms with Crippen LogP contribution in [0, 0.1) is 5.82 Å². The molecule has 2 rings (SSSR count). The smallest absolute Gasteiger partial charge is 0.306 e. The monoisotopic (exact) mass is 236 g/mol. The summed E-state index contributed by atoms with van der Waals surface area (Å²) in [7, 11) is 0. The van der Waals surface area contributed by atoms with E-state index in [4.69, 9.17) is 9.15 Å². The zero-order valence-electron chi connectivity index (χ0n) is 9.53. The lowest BCUT2D eigenvalue weighted by atomic mass is 10.2. The van der Waals surface area contributed by atoms with E-state index in [1.807, 2.05) is 0 Å². The summed E-state index contributed by atoms with van der Waals surface area (Å²) in [5.41, 5.74) is 0.242. The van der Waals surface area contributed by atoms with Gasteiger partial charge in [-0.1, -0.05) is 12.1 Å². The molecule has 3 nitrogen and oxygen atoms in total. The number of hydrogen-bond acceptors (Lipinski definition) is 3. The van der Waals surface area contributed by atoms with Crippen LogP contribution in [0.5, 0.6) is 0 Å². The van der Waals surface area contributed by atoms with Crippen LogP contribution in [0.1, 0.15) is 19.1 Å². The molecule has 0 aliphatic heterocycles. The molecule has 0 saturated carbocycles. The van der Waals surface area contributed by atoms with Gasteiger partial charge < -0.3 is 9.15 Å². The summed E-state index contributed by atoms with van der Waals surface area (Å²) in [5, 5.41) is 0.712. The molecular formula is C13H13FO3. The number of para-hydroxylation sites is 1. The Labute approximate surface area is 98.2 Å². The number of halogens is 1. The first-order valence-electron chi connectivity index (χ1n) is 5.53. The topological polar surface area (TPSA) is 39.4 Å². The zero-order valence-corrected chi connectivity index (χ0v) is 9.53. The van der Waals surface area contributed by atoms with Gasteiger partial charge in [-0.3, -0.25) is 4.79 Å². The Bertz CT molecular complexity index is 530. The van der Waals surface area contributed by atoms with Crippen LogP contribution in [0.3, 0.4) is 0 Å². The van der Waals surface area contributed by atoms with E-state index in [0.29, 0.717) is 24.2 Å². The quantitative estimate of drug-likeness (QED) is 0.766. The van der Waals surface area contributed by atoms with Crippen molar-refractivity contribution in [1.29, 1.82) is 0 Å². The SMILES string of the molecule is CCOC(=O)CCc1cc2cccc(F)c2o1. The van der Waals surface area contributed by atoms with Crippen LogP contribution in [0.2, 0.25) is 0 Å². The highest BCUT2D eigenvalue weighted by Gasteiger charge is 2.09. The largest absolute Gasteiger partial charge is 0.466 e. The maximum absolute atomic E-state index is 13.3. The number of aryl methyl sites for hydroxylation is 1. The highest BCUT2D eigenvalue weighted by Crippen LogP contribution is 2.22. The van der Waals surface area contributed by atoms with E-state index in [1.165, 1.54) is 6.07 Å². The second-order valence-corrected chi connectivity index (χ2v) is 3.68. The minimum absolute atomic E-state index is 0.242. The molecule has 1 heterocycles. The van der Waals surface area contributed by atoms with E-state index in [1.54, 1.807) is 25.1 Å². The van der Waals surface area contributed by atoms with Gasteiger partial charge in [0.1, 0.15) is 5.76 Å². The average molecular weight is 236 g/mol. The fourth-order valence-electron chi connectivity index (χ4n) is 1.66. The molecule has 0 atom stereocenters. The molecule has 0 amide bonds. The van der Waals surface area contributed by atoms with Gasteiger partial charge in [0.15, 0.2) is 11.4 Å². The van der Waals surface area contributed by atoms with Gasteiger partial charge in [0.05, 0.1) is 13.0 Å². The summed E-state index contributed by atoms with van der Waals surface area (Å²) in [4.78, 5) is 11.2. The molecule has 17 heavy (non-hydrogen) atoms. The molecule has 90 valence electrons. The summed E-state index contributed by atoms with van der Waals surface area (Å²) in [6.45, 7) is 2.13. The Balaban J connectivity index is 2.10. The predicted molar refractivity (Wildman–Crippen MR) is 61.1 cm³/mol. The van der Waals surface area contributed by atoms with Crippen molar-refractivity contribution in [2.45, 2.75) is 19.8 Å². The second kappa shape index (κ2) is 4.99. The molecule has 0 bridgehead atoms. The van der Waals surface area contributed by atoms with Gasteiger partial charge in [-0.2, -0.15) is 0 Å². The van der Waals surface area contributed by atoms with Crippen molar-refractivity contribution in [1.82, 2.24) is 0 Å². The third kappa shape index (κ3) is 2.64. The van der Waals surface area contributed by atoms with Gasteiger partial charge in [-0.25, -0.2) is 4.39 Å². The van der Waals surface area contributed by atoms with Crippen molar-refractivity contribution in [3.8, 4) is 0 Å². The minimum atomic E-state index is -0.384. The predicted octanol–water partition coefficient (Wildman–Crippen LogP) is 3.07. The van der Waals surface area contributed by atoms with Crippen LogP contribution >= 0.6 is 0 Å². The number of esters is 1. The van der Waals surface area contributed by atoms with Crippen molar-refractivity contribution < 1.29 is 18.3 Å². The van der Waals surface area contributed by atoms with E-state index >= 15 is 0 Å². The highest BCUT2D eigenvalue weighted by molar-refractivity contribution is 5.78. The van der Waals surface area contributed by atoms with Crippen LogP contribution in [-0.4, -0.2) is 12.6 Å². The maximum Gasteiger partial charge on any atom is 0.306 e. The van der Waals surface area contributed by atoms with Gasteiger partial charge >= 0.3 is 5.97 Å². The zero-order chi connectivity index (χ0) is 12.3. The number of carbonyl (C=O) groups is 1. The minimum Gasteiger partial charge on any atom is -0.466 e. The molecule has 0 spiro atoms. The molecule has 0 aliphatic carbocycles. The number of hydrogen-bond donors (Lipinski definition) is 0. The fourth-order valence-corrected chi connectivity index (χ4v) is 1.66. The molecule has 0 aliphatic rings. The van der Waals surface area contributed by atoms with E-state index in [0.717, 1.165) is 0 Å². The summed E-state index contributed by atoms with van der Waals surface area (Å²) in [6, 6.07) is 6.50. The number of carbonyl (C=O) groups excluding carboxylic acids is 1. The van der Waals surface area contributed by atoms with E-state index in [-0.39, 0.29) is 23.8 Å². The van der Waals surface area contributed by atoms with Crippen LogP contribution < -0.4 is 0 Å². The van der Waals surface area contributed by atoms with Crippen molar-refractivity contribution in [2.24, 2.45) is 0 Å². The number of rotatable bonds is 4. The molecule has 0 N–H and O–H groups in total. The van der Waals surface area contributed by atoms with Gasteiger partial charge in [-0.15, -0.1) is 0 Å². The first-order chi connectivity index (χ1) is 8.20. The van der Waals surface area contributed by atoms with Gasteiger partial charge in [0.25, 0.3) is 0 Å². The van der Waals surface area contributed by atoms with Crippen molar-refractivity contribution in [2.75, 3.05) is 6.61 Å². The second-order valence-electron chi connectivity index (χ2n) is 3.68. The molecule has 1 aromatic carbocycles. The average Bonchev–Trinajstić information content (AvgIpc) is 2.71. The van der Waals surface area contributed by atoms with Crippen molar-refractivity contribution in [3.63, 3.8) is 0 Å². The summed E-state index contributed by atoms with van der Waals surface area (Å²) >= 11 is 0. The maximum atomic E-state index is 13.3. The van der Waals surface area contributed by atoms with E-state index < -0.39 is 0 Å². The Morgan fingerprint density at radius 1 is 1.47 bits per heavy atom. The van der Waals surface area contributed by atoms with Gasteiger partial charge in [0, 0.05) is 11.8 Å². The number of furan rings is 1. The molecule has 2 aromatic rings. The molecule has 0 saturated heterocycles. The van der Waals surface area contributed by atoms with Gasteiger partial charge in [-0.05, 0) is 19.1 Å². The normalized spacial score (nSPS) is 10.7. The molecular weight excluding hydrogens is 223 g/mol. The van der Waals surface area contributed by atoms with E-state index in [9.17, 15) is 9.18 Å². The lowest BCUT2D eigenvalue weighted by Gasteiger charge is -1.98. The summed E-state index contributed by atoms with van der Waals surface area (Å²) < 4.78 is 23.5. The molecule has 4 heteroatoms. The summed E-state index contributed by atoms with van der Waals surface area (Å²) in [6.07, 6.45) is 0.669. The number of benzene rings is 1. The first-order valence-corrected chi connectivity index (χ1v) is 5.53. The van der Waals surface area contributed by atoms with Crippen LogP contribution in [0.25, 0.3) is 11.0 Å². The van der Waals surface area contributed by atoms with Crippen LogP contribution in [0.4, 0.5) is 4.39 Å². The Morgan fingerprint density at radius 2 is 2.29 bits per heavy atom. The summed E-state index contributed by atoms with van der Waals surface area (Å²) in [5.74, 6) is -0.0588. The standard InChI is InChI=1S/C13H13FO3/c1-2-16-12(15)7-6-10-8-9-4-3-5-11(14)13(9)17-10/h3-5,8H,2,6-7H2,1H3. The Hall–Kier alpha value is -1.84. The number of ether oxygens (including phenoxy) is 1. The third-order valence-corrected chi connectivity index (χ3v) is 2.43. The molecule has 0 fully saturated rings.